The van der Waals surface area contributed by atoms with Crippen molar-refractivity contribution in [1.82, 2.24) is 9.97 Å². The van der Waals surface area contributed by atoms with Crippen LogP contribution in [0.1, 0.15) is 11.4 Å². The molecule has 0 saturated heterocycles. The zero-order valence-corrected chi connectivity index (χ0v) is 10.7. The van der Waals surface area contributed by atoms with Crippen LogP contribution in [0, 0.1) is 11.3 Å². The molecule has 2 N–H and O–H groups in total. The van der Waals surface area contributed by atoms with E-state index in [2.05, 4.69) is 37.3 Å². The van der Waals surface area contributed by atoms with Crippen molar-refractivity contribution in [2.45, 2.75) is 6.42 Å². The van der Waals surface area contributed by atoms with E-state index in [9.17, 15) is 0 Å². The van der Waals surface area contributed by atoms with Crippen LogP contribution in [0.4, 0.5) is 5.69 Å². The van der Waals surface area contributed by atoms with E-state index in [1.165, 1.54) is 0 Å². The minimum absolute atomic E-state index is 0.639. The van der Waals surface area contributed by atoms with Gasteiger partial charge in [0.1, 0.15) is 5.82 Å². The molecule has 5 heteroatoms. The molecule has 1 aromatic heterocycles. The Balaban J connectivity index is 1.95. The maximum atomic E-state index is 8.85. The Morgan fingerprint density at radius 3 is 3.00 bits per heavy atom. The summed E-state index contributed by atoms with van der Waals surface area (Å²) in [6, 6.07) is 7.69. The van der Waals surface area contributed by atoms with Crippen molar-refractivity contribution in [1.29, 1.82) is 5.26 Å². The summed E-state index contributed by atoms with van der Waals surface area (Å²) in [7, 11) is 0. The van der Waals surface area contributed by atoms with E-state index in [0.29, 0.717) is 5.56 Å². The summed E-state index contributed by atoms with van der Waals surface area (Å²) < 4.78 is 0.900. The molecule has 0 amide bonds. The van der Waals surface area contributed by atoms with Crippen LogP contribution in [0.3, 0.4) is 0 Å². The van der Waals surface area contributed by atoms with Gasteiger partial charge in [-0.2, -0.15) is 5.26 Å². The number of nitrogens with zero attached hydrogens (tertiary/aromatic N) is 2. The summed E-state index contributed by atoms with van der Waals surface area (Å²) in [5.74, 6) is 0.952. The predicted molar refractivity (Wildman–Crippen MR) is 69.6 cm³/mol. The quantitative estimate of drug-likeness (QED) is 0.910. The standard InChI is InChI=1S/C12H11BrN4/c13-10-5-9(8-14)6-11(7-10)15-2-1-12-16-3-4-17-12/h3-7,15H,1-2H2,(H,16,17). The monoisotopic (exact) mass is 290 g/mol. The van der Waals surface area contributed by atoms with Crippen molar-refractivity contribution in [3.63, 3.8) is 0 Å². The van der Waals surface area contributed by atoms with E-state index in [-0.39, 0.29) is 0 Å². The van der Waals surface area contributed by atoms with E-state index in [1.807, 2.05) is 18.3 Å². The van der Waals surface area contributed by atoms with Crippen molar-refractivity contribution in [2.75, 3.05) is 11.9 Å². The van der Waals surface area contributed by atoms with Crippen LogP contribution < -0.4 is 5.32 Å². The number of imidazole rings is 1. The van der Waals surface area contributed by atoms with Gasteiger partial charge in [0.25, 0.3) is 0 Å². The SMILES string of the molecule is N#Cc1cc(Br)cc(NCCc2ncc[nH]2)c1. The first kappa shape index (κ1) is 11.7. The van der Waals surface area contributed by atoms with Crippen LogP contribution in [0.2, 0.25) is 0 Å². The van der Waals surface area contributed by atoms with Crippen molar-refractivity contribution in [3.05, 3.63) is 46.5 Å². The van der Waals surface area contributed by atoms with Gasteiger partial charge in [-0.3, -0.25) is 0 Å². The lowest BCUT2D eigenvalue weighted by molar-refractivity contribution is 0.927. The molecule has 0 saturated carbocycles. The fraction of sp³-hybridized carbons (Fsp3) is 0.167. The van der Waals surface area contributed by atoms with Gasteiger partial charge in [0.2, 0.25) is 0 Å². The summed E-state index contributed by atoms with van der Waals surface area (Å²) in [6.07, 6.45) is 4.37. The first-order valence-electron chi connectivity index (χ1n) is 5.21. The van der Waals surface area contributed by atoms with Crippen LogP contribution in [0.5, 0.6) is 0 Å². The number of anilines is 1. The third-order valence-corrected chi connectivity index (χ3v) is 2.73. The van der Waals surface area contributed by atoms with Gasteiger partial charge in [0.15, 0.2) is 0 Å². The second kappa shape index (κ2) is 5.51. The number of nitrogens with one attached hydrogen (secondary N) is 2. The second-order valence-corrected chi connectivity index (χ2v) is 4.47. The van der Waals surface area contributed by atoms with Crippen LogP contribution in [0.25, 0.3) is 0 Å². The molecule has 0 radical (unpaired) electrons. The number of aromatic amines is 1. The summed E-state index contributed by atoms with van der Waals surface area (Å²) >= 11 is 3.37. The van der Waals surface area contributed by atoms with E-state index in [1.54, 1.807) is 12.3 Å². The highest BCUT2D eigenvalue weighted by Crippen LogP contribution is 2.19. The maximum Gasteiger partial charge on any atom is 0.107 e. The molecule has 0 bridgehead atoms. The molecule has 2 aromatic rings. The largest absolute Gasteiger partial charge is 0.385 e. The minimum Gasteiger partial charge on any atom is -0.385 e. The Hall–Kier alpha value is -1.80. The Morgan fingerprint density at radius 2 is 2.29 bits per heavy atom. The summed E-state index contributed by atoms with van der Waals surface area (Å²) in [5, 5.41) is 12.1. The number of halogens is 1. The lowest BCUT2D eigenvalue weighted by Gasteiger charge is -2.06. The number of aromatic nitrogens is 2. The van der Waals surface area contributed by atoms with Gasteiger partial charge in [-0.15, -0.1) is 0 Å². The van der Waals surface area contributed by atoms with Crippen molar-refractivity contribution < 1.29 is 0 Å². The molecule has 2 rings (SSSR count). The minimum atomic E-state index is 0.639. The molecular formula is C12H11BrN4. The molecule has 1 heterocycles. The van der Waals surface area contributed by atoms with Gasteiger partial charge in [-0.25, -0.2) is 4.98 Å². The topological polar surface area (TPSA) is 64.5 Å². The Labute approximate surface area is 108 Å². The molecule has 0 atom stereocenters. The molecule has 0 spiro atoms. The lowest BCUT2D eigenvalue weighted by Crippen LogP contribution is -2.06. The number of H-pyrrole nitrogens is 1. The highest BCUT2D eigenvalue weighted by Gasteiger charge is 1.99. The Bertz CT molecular complexity index is 528. The van der Waals surface area contributed by atoms with Crippen LogP contribution in [-0.4, -0.2) is 16.5 Å². The molecule has 0 unspecified atom stereocenters. The Morgan fingerprint density at radius 1 is 1.41 bits per heavy atom. The molecule has 0 aliphatic rings. The zero-order chi connectivity index (χ0) is 12.1. The van der Waals surface area contributed by atoms with Gasteiger partial charge in [-0.05, 0) is 18.2 Å². The van der Waals surface area contributed by atoms with Crippen molar-refractivity contribution in [3.8, 4) is 6.07 Å². The molecule has 0 aliphatic heterocycles. The van der Waals surface area contributed by atoms with Gasteiger partial charge in [0.05, 0.1) is 11.6 Å². The summed E-state index contributed by atoms with van der Waals surface area (Å²) in [6.45, 7) is 0.773. The Kier molecular flexibility index (Phi) is 3.78. The van der Waals surface area contributed by atoms with Crippen LogP contribution >= 0.6 is 15.9 Å². The highest BCUT2D eigenvalue weighted by atomic mass is 79.9. The van der Waals surface area contributed by atoms with E-state index >= 15 is 0 Å². The summed E-state index contributed by atoms with van der Waals surface area (Å²) in [4.78, 5) is 7.19. The number of hydrogen-bond donors (Lipinski definition) is 2. The van der Waals surface area contributed by atoms with Crippen molar-refractivity contribution in [2.24, 2.45) is 0 Å². The maximum absolute atomic E-state index is 8.85. The third kappa shape index (κ3) is 3.33. The molecule has 86 valence electrons. The molecule has 17 heavy (non-hydrogen) atoms. The van der Waals surface area contributed by atoms with Gasteiger partial charge in [-0.1, -0.05) is 15.9 Å². The van der Waals surface area contributed by atoms with Crippen molar-refractivity contribution >= 4 is 21.6 Å². The smallest absolute Gasteiger partial charge is 0.107 e. The van der Waals surface area contributed by atoms with Crippen LogP contribution in [0.15, 0.2) is 35.1 Å². The molecule has 4 nitrogen and oxygen atoms in total. The van der Waals surface area contributed by atoms with E-state index in [0.717, 1.165) is 29.0 Å². The van der Waals surface area contributed by atoms with Gasteiger partial charge < -0.3 is 10.3 Å². The first-order chi connectivity index (χ1) is 8.28. The number of nitriles is 1. The van der Waals surface area contributed by atoms with Crippen LogP contribution in [-0.2, 0) is 6.42 Å². The summed E-state index contributed by atoms with van der Waals surface area (Å²) in [5.41, 5.74) is 1.57. The average molecular weight is 291 g/mol. The molecular weight excluding hydrogens is 280 g/mol. The lowest BCUT2D eigenvalue weighted by atomic mass is 10.2. The molecule has 1 aromatic carbocycles. The van der Waals surface area contributed by atoms with E-state index < -0.39 is 0 Å². The molecule has 0 aliphatic carbocycles. The number of hydrogen-bond acceptors (Lipinski definition) is 3. The highest BCUT2D eigenvalue weighted by molar-refractivity contribution is 9.10. The normalized spacial score (nSPS) is 9.88. The molecule has 0 fully saturated rings. The number of benzene rings is 1. The van der Waals surface area contributed by atoms with Gasteiger partial charge >= 0.3 is 0 Å². The third-order valence-electron chi connectivity index (χ3n) is 2.27. The predicted octanol–water partition coefficient (Wildman–Crippen LogP) is 2.70. The number of rotatable bonds is 4. The fourth-order valence-electron chi connectivity index (χ4n) is 1.52. The van der Waals surface area contributed by atoms with E-state index in [4.69, 9.17) is 5.26 Å². The zero-order valence-electron chi connectivity index (χ0n) is 9.07. The fourth-order valence-corrected chi connectivity index (χ4v) is 2.01. The second-order valence-electron chi connectivity index (χ2n) is 3.55. The average Bonchev–Trinajstić information content (AvgIpc) is 2.81. The van der Waals surface area contributed by atoms with Gasteiger partial charge in [0, 0.05) is 35.5 Å². The first-order valence-corrected chi connectivity index (χ1v) is 6.00.